The number of hydrogen-bond acceptors (Lipinski definition) is 2. The number of halogens is 1. The minimum absolute atomic E-state index is 0.108. The van der Waals surface area contributed by atoms with Crippen molar-refractivity contribution in [3.8, 4) is 5.75 Å². The van der Waals surface area contributed by atoms with E-state index in [1.54, 1.807) is 12.1 Å². The van der Waals surface area contributed by atoms with Crippen LogP contribution in [0.3, 0.4) is 0 Å². The molecule has 0 saturated heterocycles. The molecule has 1 rings (SSSR count). The number of amides is 1. The molecular weight excluding hydrogens is 202 g/mol. The predicted molar refractivity (Wildman–Crippen MR) is 55.6 cm³/mol. The van der Waals surface area contributed by atoms with Gasteiger partial charge in [-0.2, -0.15) is 0 Å². The van der Waals surface area contributed by atoms with E-state index in [0.717, 1.165) is 11.1 Å². The molecule has 1 amide bonds. The Kier molecular flexibility index (Phi) is 3.36. The van der Waals surface area contributed by atoms with Gasteiger partial charge in [-0.3, -0.25) is 4.79 Å². The van der Waals surface area contributed by atoms with Gasteiger partial charge in [-0.05, 0) is 37.1 Å². The molecule has 0 unspecified atom stereocenters. The number of benzene rings is 1. The average molecular weight is 214 g/mol. The smallest absolute Gasteiger partial charge is 0.255 e. The van der Waals surface area contributed by atoms with Crippen LogP contribution >= 0.6 is 11.6 Å². The van der Waals surface area contributed by atoms with Crippen molar-refractivity contribution < 1.29 is 9.53 Å². The molecule has 1 aromatic carbocycles. The maximum atomic E-state index is 10.5. The zero-order chi connectivity index (χ0) is 10.7. The summed E-state index contributed by atoms with van der Waals surface area (Å²) in [6, 6.07) is 3.57. The fourth-order valence-corrected chi connectivity index (χ4v) is 1.60. The van der Waals surface area contributed by atoms with E-state index in [-0.39, 0.29) is 6.61 Å². The predicted octanol–water partition coefficient (Wildman–Crippen LogP) is 1.82. The van der Waals surface area contributed by atoms with Gasteiger partial charge in [-0.15, -0.1) is 0 Å². The van der Waals surface area contributed by atoms with Crippen molar-refractivity contribution in [2.24, 2.45) is 5.73 Å². The molecule has 14 heavy (non-hydrogen) atoms. The summed E-state index contributed by atoms with van der Waals surface area (Å²) in [6.07, 6.45) is 0. The van der Waals surface area contributed by atoms with Gasteiger partial charge in [0.25, 0.3) is 5.91 Å². The monoisotopic (exact) mass is 213 g/mol. The van der Waals surface area contributed by atoms with Crippen LogP contribution in [0.2, 0.25) is 5.02 Å². The average Bonchev–Trinajstić information content (AvgIpc) is 2.01. The lowest BCUT2D eigenvalue weighted by Gasteiger charge is -2.10. The molecule has 0 aromatic heterocycles. The highest BCUT2D eigenvalue weighted by Gasteiger charge is 2.06. The Balaban J connectivity index is 2.91. The van der Waals surface area contributed by atoms with Gasteiger partial charge in [0.05, 0.1) is 0 Å². The summed E-state index contributed by atoms with van der Waals surface area (Å²) >= 11 is 5.84. The lowest BCUT2D eigenvalue weighted by Crippen LogP contribution is -2.20. The minimum atomic E-state index is -0.487. The van der Waals surface area contributed by atoms with Gasteiger partial charge < -0.3 is 10.5 Å². The topological polar surface area (TPSA) is 52.3 Å². The second-order valence-electron chi connectivity index (χ2n) is 3.12. The number of nitrogens with two attached hydrogens (primary N) is 1. The Bertz CT molecular complexity index is 340. The quantitative estimate of drug-likeness (QED) is 0.833. The van der Waals surface area contributed by atoms with Crippen LogP contribution in [-0.2, 0) is 4.79 Å². The number of hydrogen-bond donors (Lipinski definition) is 1. The first-order valence-corrected chi connectivity index (χ1v) is 4.56. The third-order valence-electron chi connectivity index (χ3n) is 1.78. The van der Waals surface area contributed by atoms with Gasteiger partial charge in [-0.25, -0.2) is 0 Å². The van der Waals surface area contributed by atoms with Crippen LogP contribution in [0.1, 0.15) is 11.1 Å². The molecule has 0 radical (unpaired) electrons. The van der Waals surface area contributed by atoms with Crippen molar-refractivity contribution in [1.82, 2.24) is 0 Å². The Morgan fingerprint density at radius 3 is 2.36 bits per heavy atom. The Hall–Kier alpha value is -1.22. The van der Waals surface area contributed by atoms with Crippen molar-refractivity contribution in [1.29, 1.82) is 0 Å². The summed E-state index contributed by atoms with van der Waals surface area (Å²) in [6.45, 7) is 3.63. The van der Waals surface area contributed by atoms with Gasteiger partial charge >= 0.3 is 0 Å². The van der Waals surface area contributed by atoms with E-state index in [0.29, 0.717) is 10.8 Å². The molecule has 0 aliphatic carbocycles. The Labute approximate surface area is 87.8 Å². The zero-order valence-electron chi connectivity index (χ0n) is 8.13. The molecule has 0 fully saturated rings. The fourth-order valence-electron chi connectivity index (χ4n) is 1.27. The van der Waals surface area contributed by atoms with Crippen LogP contribution in [-0.4, -0.2) is 12.5 Å². The van der Waals surface area contributed by atoms with Crippen molar-refractivity contribution in [2.45, 2.75) is 13.8 Å². The van der Waals surface area contributed by atoms with Gasteiger partial charge in [0.1, 0.15) is 5.75 Å². The molecule has 0 saturated carbocycles. The van der Waals surface area contributed by atoms with Crippen LogP contribution in [0, 0.1) is 13.8 Å². The van der Waals surface area contributed by atoms with E-state index >= 15 is 0 Å². The molecular formula is C10H12ClNO2. The van der Waals surface area contributed by atoms with Crippen molar-refractivity contribution in [3.63, 3.8) is 0 Å². The molecule has 2 N–H and O–H groups in total. The summed E-state index contributed by atoms with van der Waals surface area (Å²) < 4.78 is 5.25. The molecule has 0 aliphatic rings. The van der Waals surface area contributed by atoms with Crippen LogP contribution in [0.4, 0.5) is 0 Å². The minimum Gasteiger partial charge on any atom is -0.483 e. The van der Waals surface area contributed by atoms with E-state index in [1.165, 1.54) is 0 Å². The number of primary amides is 1. The molecule has 4 heteroatoms. The number of carbonyl (C=O) groups excluding carboxylic acids is 1. The molecule has 0 spiro atoms. The summed E-state index contributed by atoms with van der Waals surface area (Å²) in [5.41, 5.74) is 6.78. The van der Waals surface area contributed by atoms with Crippen LogP contribution < -0.4 is 10.5 Å². The maximum Gasteiger partial charge on any atom is 0.255 e. The van der Waals surface area contributed by atoms with Crippen LogP contribution in [0.25, 0.3) is 0 Å². The van der Waals surface area contributed by atoms with Gasteiger partial charge in [-0.1, -0.05) is 11.6 Å². The molecule has 76 valence electrons. The largest absolute Gasteiger partial charge is 0.483 e. The summed E-state index contributed by atoms with van der Waals surface area (Å²) in [7, 11) is 0. The summed E-state index contributed by atoms with van der Waals surface area (Å²) in [4.78, 5) is 10.5. The van der Waals surface area contributed by atoms with Crippen molar-refractivity contribution >= 4 is 17.5 Å². The fraction of sp³-hybridized carbons (Fsp3) is 0.300. The first-order chi connectivity index (χ1) is 6.50. The maximum absolute atomic E-state index is 10.5. The molecule has 0 aliphatic heterocycles. The number of carbonyl (C=O) groups is 1. The first-order valence-electron chi connectivity index (χ1n) is 4.18. The second kappa shape index (κ2) is 4.33. The van der Waals surface area contributed by atoms with E-state index in [9.17, 15) is 4.79 Å². The molecule has 1 aromatic rings. The van der Waals surface area contributed by atoms with Crippen molar-refractivity contribution in [3.05, 3.63) is 28.3 Å². The number of ether oxygens (including phenoxy) is 1. The molecule has 0 atom stereocenters. The summed E-state index contributed by atoms with van der Waals surface area (Å²) in [5.74, 6) is 0.187. The van der Waals surface area contributed by atoms with E-state index in [1.807, 2.05) is 13.8 Å². The molecule has 3 nitrogen and oxygen atoms in total. The number of rotatable bonds is 3. The molecule has 0 bridgehead atoms. The SMILES string of the molecule is Cc1cc(Cl)cc(C)c1OCC(N)=O. The number of aryl methyl sites for hydroxylation is 2. The lowest BCUT2D eigenvalue weighted by atomic mass is 10.1. The normalized spacial score (nSPS) is 9.93. The highest BCUT2D eigenvalue weighted by atomic mass is 35.5. The first kappa shape index (κ1) is 10.9. The van der Waals surface area contributed by atoms with Crippen molar-refractivity contribution in [2.75, 3.05) is 6.61 Å². The van der Waals surface area contributed by atoms with Gasteiger partial charge in [0, 0.05) is 5.02 Å². The Morgan fingerprint density at radius 2 is 1.93 bits per heavy atom. The summed E-state index contributed by atoms with van der Waals surface area (Å²) in [5, 5.41) is 0.659. The van der Waals surface area contributed by atoms with Crippen LogP contribution in [0.5, 0.6) is 5.75 Å². The van der Waals surface area contributed by atoms with E-state index < -0.39 is 5.91 Å². The third kappa shape index (κ3) is 2.64. The lowest BCUT2D eigenvalue weighted by molar-refractivity contribution is -0.119. The van der Waals surface area contributed by atoms with E-state index in [4.69, 9.17) is 22.1 Å². The van der Waals surface area contributed by atoms with Crippen LogP contribution in [0.15, 0.2) is 12.1 Å². The van der Waals surface area contributed by atoms with Gasteiger partial charge in [0.15, 0.2) is 6.61 Å². The molecule has 0 heterocycles. The second-order valence-corrected chi connectivity index (χ2v) is 3.56. The standard InChI is InChI=1S/C10H12ClNO2/c1-6-3-8(11)4-7(2)10(6)14-5-9(12)13/h3-4H,5H2,1-2H3,(H2,12,13). The third-order valence-corrected chi connectivity index (χ3v) is 2.00. The highest BCUT2D eigenvalue weighted by Crippen LogP contribution is 2.26. The zero-order valence-corrected chi connectivity index (χ0v) is 8.89. The highest BCUT2D eigenvalue weighted by molar-refractivity contribution is 6.30. The Morgan fingerprint density at radius 1 is 1.43 bits per heavy atom. The van der Waals surface area contributed by atoms with E-state index in [2.05, 4.69) is 0 Å². The van der Waals surface area contributed by atoms with Gasteiger partial charge in [0.2, 0.25) is 0 Å².